The maximum absolute atomic E-state index is 8.48. The molecule has 0 aliphatic heterocycles. The molecule has 0 spiro atoms. The highest BCUT2D eigenvalue weighted by Gasteiger charge is 2.09. The van der Waals surface area contributed by atoms with Crippen LogP contribution >= 0.6 is 0 Å². The summed E-state index contributed by atoms with van der Waals surface area (Å²) in [6, 6.07) is 0. The highest BCUT2D eigenvalue weighted by Crippen LogP contribution is 2.16. The Hall–Kier alpha value is -2.30. The van der Waals surface area contributed by atoms with Gasteiger partial charge in [0, 0.05) is 13.7 Å². The van der Waals surface area contributed by atoms with Crippen molar-refractivity contribution in [3.8, 4) is 0 Å². The average Bonchev–Trinajstić information content (AvgIpc) is 2.87. The zero-order valence-corrected chi connectivity index (χ0v) is 11.1. The fourth-order valence-corrected chi connectivity index (χ4v) is 1.37. The summed E-state index contributed by atoms with van der Waals surface area (Å²) >= 11 is 0. The molecule has 0 fully saturated rings. The number of nitrogens with zero attached hydrogens (tertiary/aromatic N) is 4. The van der Waals surface area contributed by atoms with E-state index in [9.17, 15) is 0 Å². The maximum Gasteiger partial charge on any atom is 0.224 e. The minimum Gasteiger partial charge on any atom is -0.400 e. The van der Waals surface area contributed by atoms with E-state index in [0.717, 1.165) is 7.11 Å². The quantitative estimate of drug-likeness (QED) is 0.382. The van der Waals surface area contributed by atoms with Crippen LogP contribution < -0.4 is 11.5 Å². The number of anilines is 2. The zero-order chi connectivity index (χ0) is 15.5. The van der Waals surface area contributed by atoms with Crippen molar-refractivity contribution in [3.63, 3.8) is 0 Å². The molecular weight excluding hydrogens is 268 g/mol. The second-order valence-corrected chi connectivity index (χ2v) is 3.11. The van der Waals surface area contributed by atoms with Gasteiger partial charge in [-0.2, -0.15) is 9.97 Å². The lowest BCUT2D eigenvalue weighted by molar-refractivity contribution is -0.0980. The molecule has 20 heavy (non-hydrogen) atoms. The van der Waals surface area contributed by atoms with Gasteiger partial charge >= 0.3 is 0 Å². The number of aromatic nitrogens is 4. The van der Waals surface area contributed by atoms with Crippen molar-refractivity contribution in [2.75, 3.05) is 32.0 Å². The molecular formula is C10H18N6O4. The Kier molecular flexibility index (Phi) is 8.50. The van der Waals surface area contributed by atoms with Gasteiger partial charge in [-0.05, 0) is 0 Å². The van der Waals surface area contributed by atoms with Crippen molar-refractivity contribution in [3.05, 3.63) is 6.33 Å². The fraction of sp³-hybridized carbons (Fsp3) is 0.400. The topological polar surface area (TPSA) is 162 Å². The third-order valence-electron chi connectivity index (χ3n) is 2.08. The van der Waals surface area contributed by atoms with E-state index in [0.29, 0.717) is 24.3 Å². The van der Waals surface area contributed by atoms with Crippen LogP contribution in [0.4, 0.5) is 11.8 Å². The van der Waals surface area contributed by atoms with E-state index < -0.39 is 0 Å². The molecule has 0 aromatic carbocycles. The van der Waals surface area contributed by atoms with E-state index in [1.807, 2.05) is 6.79 Å². The number of nitrogen functional groups attached to an aromatic ring is 2. The monoisotopic (exact) mass is 286 g/mol. The van der Waals surface area contributed by atoms with Crippen LogP contribution in [-0.4, -0.2) is 57.0 Å². The van der Waals surface area contributed by atoms with Crippen molar-refractivity contribution >= 4 is 29.7 Å². The van der Waals surface area contributed by atoms with E-state index in [1.54, 1.807) is 10.9 Å². The van der Waals surface area contributed by atoms with Crippen LogP contribution in [0.15, 0.2) is 6.33 Å². The molecule has 0 unspecified atom stereocenters. The summed E-state index contributed by atoms with van der Waals surface area (Å²) in [6.45, 7) is 2.55. The van der Waals surface area contributed by atoms with E-state index in [-0.39, 0.29) is 18.6 Å². The van der Waals surface area contributed by atoms with Crippen molar-refractivity contribution in [2.24, 2.45) is 0 Å². The summed E-state index contributed by atoms with van der Waals surface area (Å²) in [5.41, 5.74) is 12.2. The molecule has 6 N–H and O–H groups in total. The smallest absolute Gasteiger partial charge is 0.224 e. The van der Waals surface area contributed by atoms with E-state index in [1.165, 1.54) is 0 Å². The van der Waals surface area contributed by atoms with Gasteiger partial charge in [0.25, 0.3) is 0 Å². The molecule has 0 saturated carbocycles. The normalized spacial score (nSPS) is 9.35. The number of carbonyl (C=O) groups is 1. The van der Waals surface area contributed by atoms with Crippen LogP contribution in [0.1, 0.15) is 0 Å². The second-order valence-electron chi connectivity index (χ2n) is 3.11. The van der Waals surface area contributed by atoms with Gasteiger partial charge in [-0.3, -0.25) is 0 Å². The number of fused-ring (bicyclic) bond motifs is 1. The van der Waals surface area contributed by atoms with Gasteiger partial charge in [0.15, 0.2) is 11.5 Å². The number of ether oxygens (including phenoxy) is 1. The average molecular weight is 286 g/mol. The highest BCUT2D eigenvalue weighted by molar-refractivity contribution is 5.82. The first-order valence-corrected chi connectivity index (χ1v) is 5.38. The Labute approximate surface area is 115 Å². The predicted molar refractivity (Wildman–Crippen MR) is 72.4 cm³/mol. The van der Waals surface area contributed by atoms with E-state index in [4.69, 9.17) is 31.2 Å². The SMILES string of the molecule is C=O.CO.Nc1nc(N)c2ncn(CCOCO)c2n1. The zero-order valence-electron chi connectivity index (χ0n) is 11.1. The first kappa shape index (κ1) is 17.7. The lowest BCUT2D eigenvalue weighted by Crippen LogP contribution is -2.07. The lowest BCUT2D eigenvalue weighted by Gasteiger charge is -2.03. The molecule has 112 valence electrons. The van der Waals surface area contributed by atoms with Crippen molar-refractivity contribution in [2.45, 2.75) is 6.54 Å². The minimum absolute atomic E-state index is 0.106. The number of rotatable bonds is 4. The molecule has 2 heterocycles. The van der Waals surface area contributed by atoms with Crippen molar-refractivity contribution < 1.29 is 19.7 Å². The lowest BCUT2D eigenvalue weighted by atomic mass is 10.5. The maximum atomic E-state index is 8.48. The van der Waals surface area contributed by atoms with Crippen LogP contribution in [0.25, 0.3) is 11.2 Å². The van der Waals surface area contributed by atoms with E-state index in [2.05, 4.69) is 15.0 Å². The standard InChI is InChI=1S/C8H12N6O2.CH4O.CH2O/c9-6-5-7(13-8(10)12-6)14(3-11-5)1-2-16-4-15;2*1-2/h3,15H,1-2,4H2,(H4,9,10,12,13);2H,1H3;1H2. The van der Waals surface area contributed by atoms with Crippen molar-refractivity contribution in [1.29, 1.82) is 0 Å². The Morgan fingerprint density at radius 1 is 1.35 bits per heavy atom. The Balaban J connectivity index is 0.000000829. The number of hydrogen-bond acceptors (Lipinski definition) is 9. The van der Waals surface area contributed by atoms with E-state index >= 15 is 0 Å². The third kappa shape index (κ3) is 4.42. The van der Waals surface area contributed by atoms with Crippen LogP contribution in [-0.2, 0) is 16.1 Å². The van der Waals surface area contributed by atoms with Crippen LogP contribution in [0.5, 0.6) is 0 Å². The summed E-state index contributed by atoms with van der Waals surface area (Å²) < 4.78 is 6.55. The molecule has 0 aliphatic rings. The molecule has 0 radical (unpaired) electrons. The van der Waals surface area contributed by atoms with Gasteiger partial charge in [0.05, 0.1) is 12.9 Å². The summed E-state index contributed by atoms with van der Waals surface area (Å²) in [7, 11) is 1.00. The molecule has 0 saturated heterocycles. The predicted octanol–water partition coefficient (Wildman–Crippen LogP) is -1.62. The molecule has 10 nitrogen and oxygen atoms in total. The molecule has 2 aromatic rings. The second kappa shape index (κ2) is 9.61. The fourth-order valence-electron chi connectivity index (χ4n) is 1.37. The number of aliphatic hydroxyl groups is 2. The van der Waals surface area contributed by atoms with Gasteiger partial charge in [-0.1, -0.05) is 0 Å². The summed E-state index contributed by atoms with van der Waals surface area (Å²) in [5.74, 6) is 0.360. The molecule has 0 bridgehead atoms. The Morgan fingerprint density at radius 3 is 2.60 bits per heavy atom. The Bertz CT molecular complexity index is 518. The Morgan fingerprint density at radius 2 is 2.00 bits per heavy atom. The molecule has 2 aromatic heterocycles. The number of nitrogens with two attached hydrogens (primary N) is 2. The largest absolute Gasteiger partial charge is 0.400 e. The van der Waals surface area contributed by atoms with Crippen LogP contribution in [0.3, 0.4) is 0 Å². The molecule has 2 rings (SSSR count). The first-order valence-electron chi connectivity index (χ1n) is 5.38. The number of hydrogen-bond donors (Lipinski definition) is 4. The van der Waals surface area contributed by atoms with Gasteiger partial charge < -0.3 is 35.8 Å². The highest BCUT2D eigenvalue weighted by atomic mass is 16.6. The summed E-state index contributed by atoms with van der Waals surface area (Å²) in [4.78, 5) is 19.9. The summed E-state index contributed by atoms with van der Waals surface area (Å²) in [5, 5.41) is 15.5. The minimum atomic E-state index is -0.314. The van der Waals surface area contributed by atoms with Gasteiger partial charge in [0.2, 0.25) is 5.95 Å². The molecule has 10 heteroatoms. The third-order valence-corrected chi connectivity index (χ3v) is 2.08. The number of imidazole rings is 1. The molecule has 0 amide bonds. The van der Waals surface area contributed by atoms with Crippen LogP contribution in [0, 0.1) is 0 Å². The van der Waals surface area contributed by atoms with Crippen molar-refractivity contribution in [1.82, 2.24) is 19.5 Å². The first-order chi connectivity index (χ1) is 9.72. The van der Waals surface area contributed by atoms with Gasteiger partial charge in [-0.15, -0.1) is 0 Å². The van der Waals surface area contributed by atoms with Crippen LogP contribution in [0.2, 0.25) is 0 Å². The molecule has 0 aliphatic carbocycles. The number of carbonyl (C=O) groups excluding carboxylic acids is 1. The van der Waals surface area contributed by atoms with Gasteiger partial charge in [0.1, 0.15) is 19.1 Å². The molecule has 0 atom stereocenters. The number of aliphatic hydroxyl groups excluding tert-OH is 2. The summed E-state index contributed by atoms with van der Waals surface area (Å²) in [6.07, 6.45) is 1.58. The van der Waals surface area contributed by atoms with Gasteiger partial charge in [-0.25, -0.2) is 4.98 Å².